The molecule has 1 aliphatic rings. The Bertz CT molecular complexity index is 931. The van der Waals surface area contributed by atoms with Crippen molar-refractivity contribution in [2.24, 2.45) is 0 Å². The van der Waals surface area contributed by atoms with Gasteiger partial charge in [0.25, 0.3) is 0 Å². The summed E-state index contributed by atoms with van der Waals surface area (Å²) in [5, 5.41) is 0.453. The van der Waals surface area contributed by atoms with E-state index in [0.29, 0.717) is 42.7 Å². The Hall–Kier alpha value is -2.29. The van der Waals surface area contributed by atoms with Crippen molar-refractivity contribution in [3.63, 3.8) is 0 Å². The van der Waals surface area contributed by atoms with E-state index in [-0.39, 0.29) is 18.8 Å². The van der Waals surface area contributed by atoms with E-state index in [1.165, 1.54) is 0 Å². The number of anilines is 2. The molecule has 3 rings (SSSR count). The van der Waals surface area contributed by atoms with Crippen molar-refractivity contribution in [3.8, 4) is 0 Å². The highest BCUT2D eigenvalue weighted by molar-refractivity contribution is 7.92. The molecule has 1 aliphatic heterocycles. The molecule has 1 heterocycles. The molecule has 0 radical (unpaired) electrons. The first-order valence-corrected chi connectivity index (χ1v) is 11.3. The van der Waals surface area contributed by atoms with Gasteiger partial charge in [-0.2, -0.15) is 0 Å². The van der Waals surface area contributed by atoms with Gasteiger partial charge in [-0.05, 0) is 17.7 Å². The quantitative estimate of drug-likeness (QED) is 0.637. The SMILES string of the molecule is O=C(CCS(=O)(=O)Nc1cccc(Cl)c1N1CCOCC1)OCc1ccccc1. The van der Waals surface area contributed by atoms with Crippen LogP contribution in [0.25, 0.3) is 0 Å². The van der Waals surface area contributed by atoms with Gasteiger partial charge in [0, 0.05) is 13.1 Å². The molecule has 29 heavy (non-hydrogen) atoms. The summed E-state index contributed by atoms with van der Waals surface area (Å²) in [6.07, 6.45) is -0.240. The van der Waals surface area contributed by atoms with Gasteiger partial charge in [-0.1, -0.05) is 48.0 Å². The predicted molar refractivity (Wildman–Crippen MR) is 113 cm³/mol. The highest BCUT2D eigenvalue weighted by Crippen LogP contribution is 2.35. The molecule has 0 amide bonds. The second-order valence-corrected chi connectivity index (χ2v) is 8.80. The number of hydrogen-bond donors (Lipinski definition) is 1. The highest BCUT2D eigenvalue weighted by Gasteiger charge is 2.21. The highest BCUT2D eigenvalue weighted by atomic mass is 35.5. The van der Waals surface area contributed by atoms with Gasteiger partial charge in [0.05, 0.1) is 41.8 Å². The average Bonchev–Trinajstić information content (AvgIpc) is 2.72. The van der Waals surface area contributed by atoms with E-state index in [0.717, 1.165) is 5.56 Å². The summed E-state index contributed by atoms with van der Waals surface area (Å²) in [5.41, 5.74) is 1.85. The van der Waals surface area contributed by atoms with Crippen molar-refractivity contribution in [3.05, 3.63) is 59.1 Å². The summed E-state index contributed by atoms with van der Waals surface area (Å²) in [4.78, 5) is 13.9. The summed E-state index contributed by atoms with van der Waals surface area (Å²) >= 11 is 6.33. The largest absolute Gasteiger partial charge is 0.461 e. The van der Waals surface area contributed by atoms with E-state index in [1.807, 2.05) is 35.2 Å². The Labute approximate surface area is 175 Å². The van der Waals surface area contributed by atoms with Crippen LogP contribution in [0.15, 0.2) is 48.5 Å². The second-order valence-electron chi connectivity index (χ2n) is 6.55. The maximum Gasteiger partial charge on any atom is 0.307 e. The van der Waals surface area contributed by atoms with Crippen LogP contribution in [-0.2, 0) is 30.9 Å². The molecular formula is C20H23ClN2O5S. The summed E-state index contributed by atoms with van der Waals surface area (Å²) in [7, 11) is -3.76. The molecule has 2 aromatic carbocycles. The molecule has 0 aromatic heterocycles. The van der Waals surface area contributed by atoms with Gasteiger partial charge in [0.1, 0.15) is 6.61 Å². The minimum Gasteiger partial charge on any atom is -0.461 e. The number of rotatable bonds is 8. The van der Waals surface area contributed by atoms with E-state index in [9.17, 15) is 13.2 Å². The van der Waals surface area contributed by atoms with Crippen LogP contribution in [0.1, 0.15) is 12.0 Å². The van der Waals surface area contributed by atoms with Crippen molar-refractivity contribution in [1.82, 2.24) is 0 Å². The van der Waals surface area contributed by atoms with Gasteiger partial charge in [-0.25, -0.2) is 8.42 Å². The molecule has 156 valence electrons. The Morgan fingerprint density at radius 2 is 1.83 bits per heavy atom. The van der Waals surface area contributed by atoms with Crippen LogP contribution in [0.4, 0.5) is 11.4 Å². The molecule has 0 unspecified atom stereocenters. The summed E-state index contributed by atoms with van der Waals surface area (Å²) in [6, 6.07) is 14.3. The predicted octanol–water partition coefficient (Wildman–Crippen LogP) is 3.05. The lowest BCUT2D eigenvalue weighted by Gasteiger charge is -2.31. The van der Waals surface area contributed by atoms with Gasteiger partial charge in [-0.3, -0.25) is 9.52 Å². The van der Waals surface area contributed by atoms with Crippen molar-refractivity contribution in [2.75, 3.05) is 41.7 Å². The van der Waals surface area contributed by atoms with Crippen LogP contribution < -0.4 is 9.62 Å². The number of para-hydroxylation sites is 1. The molecule has 2 aromatic rings. The Morgan fingerprint density at radius 3 is 2.55 bits per heavy atom. The number of ether oxygens (including phenoxy) is 2. The van der Waals surface area contributed by atoms with E-state index in [4.69, 9.17) is 21.1 Å². The van der Waals surface area contributed by atoms with Crippen LogP contribution in [-0.4, -0.2) is 46.4 Å². The maximum absolute atomic E-state index is 12.5. The van der Waals surface area contributed by atoms with Crippen molar-refractivity contribution in [2.45, 2.75) is 13.0 Å². The fourth-order valence-electron chi connectivity index (χ4n) is 2.95. The lowest BCUT2D eigenvalue weighted by molar-refractivity contribution is -0.144. The minimum atomic E-state index is -3.76. The number of halogens is 1. The van der Waals surface area contributed by atoms with E-state index in [1.54, 1.807) is 18.2 Å². The van der Waals surface area contributed by atoms with Crippen molar-refractivity contribution in [1.29, 1.82) is 0 Å². The Balaban J connectivity index is 1.59. The fourth-order valence-corrected chi connectivity index (χ4v) is 4.28. The Kier molecular flexibility index (Phi) is 7.35. The first kappa shape index (κ1) is 21.4. The zero-order valence-corrected chi connectivity index (χ0v) is 17.4. The van der Waals surface area contributed by atoms with E-state index >= 15 is 0 Å². The van der Waals surface area contributed by atoms with Crippen molar-refractivity contribution < 1.29 is 22.7 Å². The maximum atomic E-state index is 12.5. The number of benzene rings is 2. The molecule has 1 fully saturated rings. The molecule has 9 heteroatoms. The average molecular weight is 439 g/mol. The lowest BCUT2D eigenvalue weighted by atomic mass is 10.2. The zero-order chi connectivity index (χ0) is 20.7. The number of morpholine rings is 1. The number of esters is 1. The van der Waals surface area contributed by atoms with Gasteiger partial charge >= 0.3 is 5.97 Å². The molecule has 1 saturated heterocycles. The third-order valence-corrected chi connectivity index (χ3v) is 5.97. The van der Waals surface area contributed by atoms with Gasteiger partial charge in [0.15, 0.2) is 0 Å². The molecular weight excluding hydrogens is 416 g/mol. The fraction of sp³-hybridized carbons (Fsp3) is 0.350. The number of sulfonamides is 1. The molecule has 0 aliphatic carbocycles. The molecule has 0 saturated carbocycles. The number of nitrogens with one attached hydrogen (secondary N) is 1. The molecule has 1 N–H and O–H groups in total. The van der Waals surface area contributed by atoms with Gasteiger partial charge in [0.2, 0.25) is 10.0 Å². The number of hydrogen-bond acceptors (Lipinski definition) is 6. The summed E-state index contributed by atoms with van der Waals surface area (Å²) in [5.74, 6) is -0.950. The number of nitrogens with zero attached hydrogens (tertiary/aromatic N) is 1. The first-order valence-electron chi connectivity index (χ1n) is 9.26. The standard InChI is InChI=1S/C20H23ClN2O5S/c21-17-7-4-8-18(20(17)23-10-12-27-13-11-23)22-29(25,26)14-9-19(24)28-15-16-5-2-1-3-6-16/h1-8,22H,9-15H2. The molecule has 0 bridgehead atoms. The third kappa shape index (κ3) is 6.35. The first-order chi connectivity index (χ1) is 13.9. The van der Waals surface area contributed by atoms with Crippen LogP contribution in [0.2, 0.25) is 5.02 Å². The topological polar surface area (TPSA) is 84.9 Å². The second kappa shape index (κ2) is 9.96. The monoisotopic (exact) mass is 438 g/mol. The molecule has 0 atom stereocenters. The van der Waals surface area contributed by atoms with Crippen LogP contribution >= 0.6 is 11.6 Å². The lowest BCUT2D eigenvalue weighted by Crippen LogP contribution is -2.37. The minimum absolute atomic E-state index is 0.114. The summed E-state index contributed by atoms with van der Waals surface area (Å²) in [6.45, 7) is 2.44. The van der Waals surface area contributed by atoms with Gasteiger partial charge < -0.3 is 14.4 Å². The third-order valence-electron chi connectivity index (χ3n) is 4.40. The number of carbonyl (C=O) groups excluding carboxylic acids is 1. The normalized spacial score (nSPS) is 14.4. The Morgan fingerprint density at radius 1 is 1.10 bits per heavy atom. The van der Waals surface area contributed by atoms with E-state index < -0.39 is 16.0 Å². The van der Waals surface area contributed by atoms with Crippen molar-refractivity contribution >= 4 is 39.0 Å². The van der Waals surface area contributed by atoms with E-state index in [2.05, 4.69) is 4.72 Å². The summed E-state index contributed by atoms with van der Waals surface area (Å²) < 4.78 is 38.1. The molecule has 7 nitrogen and oxygen atoms in total. The van der Waals surface area contributed by atoms with Crippen LogP contribution in [0.5, 0.6) is 0 Å². The van der Waals surface area contributed by atoms with Crippen LogP contribution in [0, 0.1) is 0 Å². The number of carbonyl (C=O) groups is 1. The zero-order valence-electron chi connectivity index (χ0n) is 15.8. The van der Waals surface area contributed by atoms with Crippen LogP contribution in [0.3, 0.4) is 0 Å². The van der Waals surface area contributed by atoms with Gasteiger partial charge in [-0.15, -0.1) is 0 Å². The smallest absolute Gasteiger partial charge is 0.307 e. The molecule has 0 spiro atoms.